The van der Waals surface area contributed by atoms with E-state index in [9.17, 15) is 4.79 Å². The number of anilines is 3. The van der Waals surface area contributed by atoms with Gasteiger partial charge in [-0.05, 0) is 49.6 Å². The van der Waals surface area contributed by atoms with Crippen LogP contribution in [0.25, 0.3) is 10.8 Å². The smallest absolute Gasteiger partial charge is 0.246 e. The fourth-order valence-corrected chi connectivity index (χ4v) is 6.98. The maximum Gasteiger partial charge on any atom is 0.246 e. The summed E-state index contributed by atoms with van der Waals surface area (Å²) in [6.45, 7) is 10.5. The van der Waals surface area contributed by atoms with Crippen LogP contribution < -0.4 is 19.9 Å². The highest BCUT2D eigenvalue weighted by atomic mass is 16.7. The van der Waals surface area contributed by atoms with E-state index < -0.39 is 0 Å². The van der Waals surface area contributed by atoms with Crippen LogP contribution >= 0.6 is 0 Å². The summed E-state index contributed by atoms with van der Waals surface area (Å²) >= 11 is 0. The van der Waals surface area contributed by atoms with Crippen molar-refractivity contribution in [2.75, 3.05) is 74.8 Å². The van der Waals surface area contributed by atoms with Gasteiger partial charge in [0.25, 0.3) is 0 Å². The van der Waals surface area contributed by atoms with Gasteiger partial charge in [-0.3, -0.25) is 4.79 Å². The van der Waals surface area contributed by atoms with E-state index in [1.807, 2.05) is 4.90 Å². The Morgan fingerprint density at radius 1 is 1.00 bits per heavy atom. The molecule has 4 heterocycles. The van der Waals surface area contributed by atoms with Gasteiger partial charge in [0.1, 0.15) is 11.6 Å². The summed E-state index contributed by atoms with van der Waals surface area (Å²) in [5, 5.41) is 6.07. The monoisotopic (exact) mass is 597 g/mol. The predicted octanol–water partition coefficient (Wildman–Crippen LogP) is 4.05. The third kappa shape index (κ3) is 6.05. The molecule has 2 aromatic carbocycles. The molecule has 10 heteroatoms. The van der Waals surface area contributed by atoms with Crippen LogP contribution in [0.1, 0.15) is 36.9 Å². The SMILES string of the molecule is C=CC(=O)N1CCN(c2nc(NC3CCN(C4CC4)CC3)nc3c2CCN(c2cc(OCOC)cc4ccccc24)C3)CC1. The quantitative estimate of drug-likeness (QED) is 0.290. The van der Waals surface area contributed by atoms with Crippen LogP contribution in [0, 0.1) is 0 Å². The first kappa shape index (κ1) is 28.9. The van der Waals surface area contributed by atoms with Gasteiger partial charge < -0.3 is 34.4 Å². The Kier molecular flexibility index (Phi) is 8.27. The Morgan fingerprint density at radius 2 is 1.80 bits per heavy atom. The molecule has 1 aromatic heterocycles. The first-order valence-corrected chi connectivity index (χ1v) is 16.1. The number of hydrogen-bond acceptors (Lipinski definition) is 9. The molecule has 2 saturated heterocycles. The van der Waals surface area contributed by atoms with E-state index in [4.69, 9.17) is 19.4 Å². The maximum atomic E-state index is 12.3. The van der Waals surface area contributed by atoms with Gasteiger partial charge >= 0.3 is 0 Å². The van der Waals surface area contributed by atoms with Gasteiger partial charge in [-0.2, -0.15) is 4.98 Å². The third-order valence-electron chi connectivity index (χ3n) is 9.53. The Morgan fingerprint density at radius 3 is 2.55 bits per heavy atom. The number of aromatic nitrogens is 2. The molecule has 3 aliphatic heterocycles. The summed E-state index contributed by atoms with van der Waals surface area (Å²) in [5.41, 5.74) is 3.42. The average Bonchev–Trinajstić information content (AvgIpc) is 3.92. The maximum absolute atomic E-state index is 12.3. The van der Waals surface area contributed by atoms with E-state index in [2.05, 4.69) is 63.0 Å². The van der Waals surface area contributed by atoms with Gasteiger partial charge in [0.2, 0.25) is 11.9 Å². The van der Waals surface area contributed by atoms with Crippen LogP contribution in [0.5, 0.6) is 5.75 Å². The number of amides is 1. The highest BCUT2D eigenvalue weighted by Gasteiger charge is 2.33. The molecule has 1 N–H and O–H groups in total. The number of ether oxygens (including phenoxy) is 2. The Bertz CT molecular complexity index is 1510. The van der Waals surface area contributed by atoms with Gasteiger partial charge in [0.05, 0.1) is 12.2 Å². The minimum atomic E-state index is -0.00570. The van der Waals surface area contributed by atoms with Gasteiger partial charge in [-0.25, -0.2) is 4.98 Å². The molecule has 7 rings (SSSR count). The number of nitrogens with zero attached hydrogens (tertiary/aromatic N) is 6. The lowest BCUT2D eigenvalue weighted by atomic mass is 10.0. The number of methoxy groups -OCH3 is 1. The average molecular weight is 598 g/mol. The highest BCUT2D eigenvalue weighted by Crippen LogP contribution is 2.37. The topological polar surface area (TPSA) is 86.3 Å². The fourth-order valence-electron chi connectivity index (χ4n) is 6.98. The number of rotatable bonds is 9. The van der Waals surface area contributed by atoms with Crippen molar-refractivity contribution < 1.29 is 14.3 Å². The van der Waals surface area contributed by atoms with Crippen molar-refractivity contribution in [3.8, 4) is 5.75 Å². The van der Waals surface area contributed by atoms with Gasteiger partial charge in [-0.1, -0.05) is 30.8 Å². The van der Waals surface area contributed by atoms with Crippen molar-refractivity contribution >= 4 is 34.1 Å². The van der Waals surface area contributed by atoms with E-state index in [0.717, 1.165) is 92.3 Å². The highest BCUT2D eigenvalue weighted by molar-refractivity contribution is 5.96. The summed E-state index contributed by atoms with van der Waals surface area (Å²) in [7, 11) is 1.64. The first-order valence-electron chi connectivity index (χ1n) is 16.1. The molecule has 10 nitrogen and oxygen atoms in total. The summed E-state index contributed by atoms with van der Waals surface area (Å²) in [6, 6.07) is 13.8. The fraction of sp³-hybridized carbons (Fsp3) is 0.500. The molecule has 0 spiro atoms. The van der Waals surface area contributed by atoms with E-state index in [-0.39, 0.29) is 12.7 Å². The van der Waals surface area contributed by atoms with Crippen LogP contribution in [0.15, 0.2) is 49.1 Å². The number of benzene rings is 2. The lowest BCUT2D eigenvalue weighted by Crippen LogP contribution is -2.49. The standard InChI is InChI=1S/C34H43N7O3/c1-3-32(42)39-16-18-40(19-17-39)33-29-12-15-41(31-21-27(44-23-43-2)20-24-6-4-5-7-28(24)31)22-30(29)36-34(37-33)35-25-10-13-38(14-11-25)26-8-9-26/h3-7,20-21,25-26H,1,8-19,22-23H2,2H3,(H,35,36,37). The minimum Gasteiger partial charge on any atom is -0.467 e. The van der Waals surface area contributed by atoms with Gasteiger partial charge in [-0.15, -0.1) is 0 Å². The molecule has 4 aliphatic rings. The van der Waals surface area contributed by atoms with Crippen molar-refractivity contribution in [2.24, 2.45) is 0 Å². The number of likely N-dealkylation sites (tertiary alicyclic amines) is 1. The summed E-state index contributed by atoms with van der Waals surface area (Å²) in [5.74, 6) is 2.52. The largest absolute Gasteiger partial charge is 0.467 e. The van der Waals surface area contributed by atoms with Gasteiger partial charge in [0.15, 0.2) is 6.79 Å². The molecular weight excluding hydrogens is 554 g/mol. The van der Waals surface area contributed by atoms with Crippen molar-refractivity contribution in [1.29, 1.82) is 0 Å². The second kappa shape index (κ2) is 12.6. The van der Waals surface area contributed by atoms with Crippen LogP contribution in [0.4, 0.5) is 17.5 Å². The lowest BCUT2D eigenvalue weighted by molar-refractivity contribution is -0.126. The van der Waals surface area contributed by atoms with Crippen LogP contribution in [-0.2, 0) is 22.5 Å². The number of carbonyl (C=O) groups is 1. The molecule has 0 unspecified atom stereocenters. The molecule has 0 radical (unpaired) electrons. The van der Waals surface area contributed by atoms with Crippen LogP contribution in [0.3, 0.4) is 0 Å². The number of carbonyl (C=O) groups excluding carboxylic acids is 1. The molecule has 1 amide bonds. The zero-order chi connectivity index (χ0) is 30.0. The van der Waals surface area contributed by atoms with E-state index in [1.165, 1.54) is 29.9 Å². The number of piperazine rings is 1. The molecular formula is C34H43N7O3. The van der Waals surface area contributed by atoms with E-state index in [0.29, 0.717) is 25.7 Å². The molecule has 3 fully saturated rings. The van der Waals surface area contributed by atoms with Crippen molar-refractivity contribution in [2.45, 2.75) is 50.7 Å². The number of fused-ring (bicyclic) bond motifs is 2. The normalized spacial score (nSPS) is 19.6. The summed E-state index contributed by atoms with van der Waals surface area (Å²) in [4.78, 5) is 31.9. The zero-order valence-electron chi connectivity index (χ0n) is 25.7. The third-order valence-corrected chi connectivity index (χ3v) is 9.53. The van der Waals surface area contributed by atoms with Crippen molar-refractivity contribution in [1.82, 2.24) is 19.8 Å². The van der Waals surface area contributed by atoms with Gasteiger partial charge in [0, 0.05) is 87.7 Å². The van der Waals surface area contributed by atoms with Crippen LogP contribution in [-0.4, -0.2) is 97.5 Å². The second-order valence-corrected chi connectivity index (χ2v) is 12.4. The number of nitrogens with one attached hydrogen (secondary N) is 1. The van der Waals surface area contributed by atoms with E-state index >= 15 is 0 Å². The molecule has 0 atom stereocenters. The van der Waals surface area contributed by atoms with Crippen molar-refractivity contribution in [3.63, 3.8) is 0 Å². The number of piperidine rings is 1. The molecule has 232 valence electrons. The molecule has 44 heavy (non-hydrogen) atoms. The van der Waals surface area contributed by atoms with E-state index in [1.54, 1.807) is 7.11 Å². The zero-order valence-corrected chi connectivity index (χ0v) is 25.7. The molecule has 1 saturated carbocycles. The molecule has 3 aromatic rings. The Balaban J connectivity index is 1.18. The van der Waals surface area contributed by atoms with Crippen LogP contribution in [0.2, 0.25) is 0 Å². The van der Waals surface area contributed by atoms with Crippen molar-refractivity contribution in [3.05, 3.63) is 60.3 Å². The number of hydrogen-bond donors (Lipinski definition) is 1. The predicted molar refractivity (Wildman–Crippen MR) is 173 cm³/mol. The first-order chi connectivity index (χ1) is 21.6. The summed E-state index contributed by atoms with van der Waals surface area (Å²) < 4.78 is 11.1. The second-order valence-electron chi connectivity index (χ2n) is 12.4. The lowest BCUT2D eigenvalue weighted by Gasteiger charge is -2.38. The Hall–Kier alpha value is -3.89. The molecule has 0 bridgehead atoms. The minimum absolute atomic E-state index is 0.00570. The summed E-state index contributed by atoms with van der Waals surface area (Å²) in [6.07, 6.45) is 7.19. The molecule has 1 aliphatic carbocycles. The Labute approximate surface area is 259 Å².